The molecular weight excluding hydrogens is 272 g/mol. The monoisotopic (exact) mass is 290 g/mol. The summed E-state index contributed by atoms with van der Waals surface area (Å²) in [5.74, 6) is 1.05. The second kappa shape index (κ2) is 5.72. The Morgan fingerprint density at radius 2 is 1.50 bits per heavy atom. The molecule has 2 aromatic heterocycles. The lowest BCUT2D eigenvalue weighted by atomic mass is 10.0. The van der Waals surface area contributed by atoms with Crippen LogP contribution in [-0.4, -0.2) is 28.3 Å². The number of anilines is 1. The van der Waals surface area contributed by atoms with Crippen LogP contribution in [-0.2, 0) is 0 Å². The van der Waals surface area contributed by atoms with Crippen LogP contribution in [0.5, 0.6) is 0 Å². The average Bonchev–Trinajstić information content (AvgIpc) is 2.62. The van der Waals surface area contributed by atoms with Gasteiger partial charge in [0.05, 0.1) is 12.4 Å². The highest BCUT2D eigenvalue weighted by atomic mass is 15.2. The molecule has 0 spiro atoms. The van der Waals surface area contributed by atoms with E-state index in [2.05, 4.69) is 27.2 Å². The van der Waals surface area contributed by atoms with Crippen molar-refractivity contribution in [1.82, 2.24) is 15.2 Å². The minimum atomic E-state index is 1.05. The molecule has 0 aliphatic carbocycles. The van der Waals surface area contributed by atoms with Gasteiger partial charge in [-0.15, -0.1) is 0 Å². The van der Waals surface area contributed by atoms with Crippen LogP contribution >= 0.6 is 0 Å². The molecular formula is C18H18N4. The third kappa shape index (κ3) is 2.30. The van der Waals surface area contributed by atoms with Gasteiger partial charge in [-0.1, -0.05) is 30.3 Å². The standard InChI is InChI=1S/C18H18N4/c1-3-7-14(8-4-1)15-11-19-18(22-9-5-2-6-10-22)17-13-21-20-12-16(15)17/h1,3-4,7-8,11-13H,2,5-6,9-10H2. The number of rotatable bonds is 2. The van der Waals surface area contributed by atoms with Crippen molar-refractivity contribution >= 4 is 16.6 Å². The second-order valence-corrected chi connectivity index (χ2v) is 5.73. The Morgan fingerprint density at radius 1 is 0.773 bits per heavy atom. The summed E-state index contributed by atoms with van der Waals surface area (Å²) in [7, 11) is 0. The highest BCUT2D eigenvalue weighted by molar-refractivity contribution is 6.01. The quantitative estimate of drug-likeness (QED) is 0.722. The third-order valence-electron chi connectivity index (χ3n) is 4.32. The predicted molar refractivity (Wildman–Crippen MR) is 88.8 cm³/mol. The molecule has 1 aromatic carbocycles. The molecule has 0 bridgehead atoms. The van der Waals surface area contributed by atoms with Crippen LogP contribution in [0, 0.1) is 0 Å². The lowest BCUT2D eigenvalue weighted by molar-refractivity contribution is 0.575. The molecule has 1 aliphatic heterocycles. The zero-order chi connectivity index (χ0) is 14.8. The van der Waals surface area contributed by atoms with E-state index < -0.39 is 0 Å². The van der Waals surface area contributed by atoms with Crippen LogP contribution in [0.4, 0.5) is 5.82 Å². The summed E-state index contributed by atoms with van der Waals surface area (Å²) in [5, 5.41) is 10.4. The van der Waals surface area contributed by atoms with Crippen LogP contribution < -0.4 is 4.90 Å². The van der Waals surface area contributed by atoms with Crippen molar-refractivity contribution in [2.75, 3.05) is 18.0 Å². The van der Waals surface area contributed by atoms with E-state index in [1.54, 1.807) is 0 Å². The van der Waals surface area contributed by atoms with Gasteiger partial charge in [0.1, 0.15) is 5.82 Å². The van der Waals surface area contributed by atoms with Crippen molar-refractivity contribution in [3.05, 3.63) is 48.9 Å². The van der Waals surface area contributed by atoms with Gasteiger partial charge in [0.15, 0.2) is 0 Å². The molecule has 3 heterocycles. The van der Waals surface area contributed by atoms with E-state index >= 15 is 0 Å². The lowest BCUT2D eigenvalue weighted by Crippen LogP contribution is -2.30. The first-order valence-electron chi connectivity index (χ1n) is 7.83. The Morgan fingerprint density at radius 3 is 2.27 bits per heavy atom. The first-order valence-corrected chi connectivity index (χ1v) is 7.83. The fraction of sp³-hybridized carbons (Fsp3) is 0.278. The molecule has 0 atom stereocenters. The number of piperidine rings is 1. The molecule has 3 aromatic rings. The molecule has 0 saturated carbocycles. The van der Waals surface area contributed by atoms with Crippen molar-refractivity contribution in [3.63, 3.8) is 0 Å². The average molecular weight is 290 g/mol. The molecule has 0 radical (unpaired) electrons. The topological polar surface area (TPSA) is 41.9 Å². The first-order chi connectivity index (χ1) is 10.9. The van der Waals surface area contributed by atoms with Gasteiger partial charge in [0, 0.05) is 35.6 Å². The van der Waals surface area contributed by atoms with Gasteiger partial charge in [-0.05, 0) is 24.8 Å². The van der Waals surface area contributed by atoms with Gasteiger partial charge in [0.25, 0.3) is 0 Å². The summed E-state index contributed by atoms with van der Waals surface area (Å²) in [6.45, 7) is 2.16. The Bertz CT molecular complexity index is 779. The van der Waals surface area contributed by atoms with E-state index in [-0.39, 0.29) is 0 Å². The summed E-state index contributed by atoms with van der Waals surface area (Å²) in [6.07, 6.45) is 9.47. The zero-order valence-corrected chi connectivity index (χ0v) is 12.4. The van der Waals surface area contributed by atoms with Gasteiger partial charge in [-0.2, -0.15) is 10.2 Å². The van der Waals surface area contributed by atoms with E-state index in [0.29, 0.717) is 0 Å². The minimum absolute atomic E-state index is 1.05. The minimum Gasteiger partial charge on any atom is -0.356 e. The number of hydrogen-bond acceptors (Lipinski definition) is 4. The highest BCUT2D eigenvalue weighted by Crippen LogP contribution is 2.32. The van der Waals surface area contributed by atoms with Crippen molar-refractivity contribution in [2.45, 2.75) is 19.3 Å². The molecule has 1 saturated heterocycles. The van der Waals surface area contributed by atoms with Gasteiger partial charge in [-0.25, -0.2) is 4.98 Å². The normalized spacial score (nSPS) is 15.2. The van der Waals surface area contributed by atoms with Crippen LogP contribution in [0.15, 0.2) is 48.9 Å². The van der Waals surface area contributed by atoms with Crippen LogP contribution in [0.25, 0.3) is 21.9 Å². The molecule has 110 valence electrons. The van der Waals surface area contributed by atoms with Crippen LogP contribution in [0.1, 0.15) is 19.3 Å². The van der Waals surface area contributed by atoms with Crippen molar-refractivity contribution in [2.24, 2.45) is 0 Å². The van der Waals surface area contributed by atoms with Gasteiger partial charge in [-0.3, -0.25) is 0 Å². The van der Waals surface area contributed by atoms with Crippen molar-refractivity contribution in [3.8, 4) is 11.1 Å². The Balaban J connectivity index is 1.88. The number of nitrogens with zero attached hydrogens (tertiary/aromatic N) is 4. The number of benzene rings is 1. The van der Waals surface area contributed by atoms with Gasteiger partial charge >= 0.3 is 0 Å². The Labute approximate surface area is 129 Å². The van der Waals surface area contributed by atoms with Gasteiger partial charge in [0.2, 0.25) is 0 Å². The molecule has 4 nitrogen and oxygen atoms in total. The Kier molecular flexibility index (Phi) is 3.43. The largest absolute Gasteiger partial charge is 0.356 e. The SMILES string of the molecule is c1ccc(-c2cnc(N3CCCCC3)c3cnncc23)cc1. The van der Waals surface area contributed by atoms with Crippen LogP contribution in [0.2, 0.25) is 0 Å². The molecule has 4 rings (SSSR count). The van der Waals surface area contributed by atoms with E-state index in [1.165, 1.54) is 19.3 Å². The maximum atomic E-state index is 4.77. The summed E-state index contributed by atoms with van der Waals surface area (Å²) in [5.41, 5.74) is 2.28. The maximum Gasteiger partial charge on any atom is 0.138 e. The molecule has 1 fully saturated rings. The fourth-order valence-electron chi connectivity index (χ4n) is 3.18. The predicted octanol–water partition coefficient (Wildman–Crippen LogP) is 3.68. The smallest absolute Gasteiger partial charge is 0.138 e. The number of pyridine rings is 1. The number of fused-ring (bicyclic) bond motifs is 1. The molecule has 0 amide bonds. The van der Waals surface area contributed by atoms with Crippen molar-refractivity contribution in [1.29, 1.82) is 0 Å². The van der Waals surface area contributed by atoms with Crippen LogP contribution in [0.3, 0.4) is 0 Å². The molecule has 4 heteroatoms. The fourth-order valence-corrected chi connectivity index (χ4v) is 3.18. The summed E-state index contributed by atoms with van der Waals surface area (Å²) in [6, 6.07) is 10.3. The molecule has 1 aliphatic rings. The summed E-state index contributed by atoms with van der Waals surface area (Å²) in [4.78, 5) is 7.14. The van der Waals surface area contributed by atoms with E-state index in [4.69, 9.17) is 4.98 Å². The van der Waals surface area contributed by atoms with E-state index in [1.807, 2.05) is 36.8 Å². The summed E-state index contributed by atoms with van der Waals surface area (Å²) >= 11 is 0. The lowest BCUT2D eigenvalue weighted by Gasteiger charge is -2.28. The number of aromatic nitrogens is 3. The van der Waals surface area contributed by atoms with Gasteiger partial charge < -0.3 is 4.90 Å². The maximum absolute atomic E-state index is 4.77. The van der Waals surface area contributed by atoms with E-state index in [9.17, 15) is 0 Å². The zero-order valence-electron chi connectivity index (χ0n) is 12.4. The Hall–Kier alpha value is -2.49. The molecule has 0 N–H and O–H groups in total. The summed E-state index contributed by atoms with van der Waals surface area (Å²) < 4.78 is 0. The highest BCUT2D eigenvalue weighted by Gasteiger charge is 2.17. The molecule has 0 unspecified atom stereocenters. The third-order valence-corrected chi connectivity index (χ3v) is 4.32. The van der Waals surface area contributed by atoms with E-state index in [0.717, 1.165) is 40.8 Å². The molecule has 22 heavy (non-hydrogen) atoms. The van der Waals surface area contributed by atoms with Crippen molar-refractivity contribution < 1.29 is 0 Å². The first kappa shape index (κ1) is 13.2. The number of hydrogen-bond donors (Lipinski definition) is 0. The second-order valence-electron chi connectivity index (χ2n) is 5.73.